The minimum absolute atomic E-state index is 0.176. The van der Waals surface area contributed by atoms with Gasteiger partial charge < -0.3 is 10.4 Å². The lowest BCUT2D eigenvalue weighted by atomic mass is 9.79. The number of nitrogens with one attached hydrogen (secondary N) is 1. The second-order valence-corrected chi connectivity index (χ2v) is 6.04. The summed E-state index contributed by atoms with van der Waals surface area (Å²) in [6.07, 6.45) is -0.176. The molecule has 2 rings (SSSR count). The largest absolute Gasteiger partial charge is 0.481 e. The summed E-state index contributed by atoms with van der Waals surface area (Å²) in [5, 5.41) is 20.8. The van der Waals surface area contributed by atoms with Crippen molar-refractivity contribution in [2.24, 2.45) is 0 Å². The third-order valence-corrected chi connectivity index (χ3v) is 3.92. The molecule has 1 heterocycles. The lowest BCUT2D eigenvalue weighted by Gasteiger charge is -2.24. The van der Waals surface area contributed by atoms with E-state index in [2.05, 4.69) is 15.5 Å². The third-order valence-electron chi connectivity index (χ3n) is 3.17. The van der Waals surface area contributed by atoms with E-state index in [1.54, 1.807) is 37.3 Å². The molecule has 0 spiro atoms. The summed E-state index contributed by atoms with van der Waals surface area (Å²) in [7, 11) is 0. The third kappa shape index (κ3) is 3.43. The van der Waals surface area contributed by atoms with E-state index in [1.165, 1.54) is 18.3 Å². The molecule has 1 amide bonds. The molecule has 0 aliphatic heterocycles. The smallest absolute Gasteiger partial charge is 0.314 e. The van der Waals surface area contributed by atoms with Crippen LogP contribution in [0, 0.1) is 6.92 Å². The number of aliphatic carboxylic acids is 1. The van der Waals surface area contributed by atoms with E-state index in [4.69, 9.17) is 0 Å². The van der Waals surface area contributed by atoms with Crippen molar-refractivity contribution in [2.75, 3.05) is 5.32 Å². The normalized spacial score (nSPS) is 13.4. The number of carboxylic acid groups (broad SMARTS) is 1. The van der Waals surface area contributed by atoms with E-state index in [-0.39, 0.29) is 6.42 Å². The highest BCUT2D eigenvalue weighted by Crippen LogP contribution is 2.28. The number of benzene rings is 1. The number of carboxylic acids is 1. The molecule has 0 saturated heterocycles. The van der Waals surface area contributed by atoms with Gasteiger partial charge in [-0.1, -0.05) is 41.7 Å². The van der Waals surface area contributed by atoms with Gasteiger partial charge in [-0.15, -0.1) is 10.2 Å². The number of amides is 1. The van der Waals surface area contributed by atoms with Gasteiger partial charge in [0.1, 0.15) is 5.01 Å². The Morgan fingerprint density at radius 3 is 2.48 bits per heavy atom. The summed E-state index contributed by atoms with van der Waals surface area (Å²) in [5.74, 6) is -1.45. The van der Waals surface area contributed by atoms with Gasteiger partial charge in [-0.2, -0.15) is 0 Å². The van der Waals surface area contributed by atoms with Crippen molar-refractivity contribution in [2.45, 2.75) is 25.7 Å². The molecule has 1 unspecified atom stereocenters. The molecule has 7 heteroatoms. The van der Waals surface area contributed by atoms with E-state index in [0.717, 1.165) is 5.01 Å². The summed E-state index contributed by atoms with van der Waals surface area (Å²) in [6, 6.07) is 8.72. The van der Waals surface area contributed by atoms with Crippen molar-refractivity contribution >= 4 is 28.3 Å². The number of aromatic nitrogens is 2. The van der Waals surface area contributed by atoms with Gasteiger partial charge in [-0.25, -0.2) is 0 Å². The Hall–Kier alpha value is -2.28. The van der Waals surface area contributed by atoms with Crippen LogP contribution in [0.4, 0.5) is 5.13 Å². The van der Waals surface area contributed by atoms with Crippen LogP contribution in [0.1, 0.15) is 23.9 Å². The van der Waals surface area contributed by atoms with Crippen LogP contribution in [-0.2, 0) is 15.0 Å². The molecule has 0 saturated carbocycles. The molecular weight excluding hydrogens is 290 g/mol. The van der Waals surface area contributed by atoms with Crippen LogP contribution in [0.25, 0.3) is 0 Å². The highest BCUT2D eigenvalue weighted by atomic mass is 32.1. The minimum atomic E-state index is -1.29. The maximum Gasteiger partial charge on any atom is 0.314 e. The van der Waals surface area contributed by atoms with Crippen LogP contribution in [0.3, 0.4) is 0 Å². The Balaban J connectivity index is 2.17. The second-order valence-electron chi connectivity index (χ2n) is 4.85. The van der Waals surface area contributed by atoms with Gasteiger partial charge >= 0.3 is 5.97 Å². The van der Waals surface area contributed by atoms with E-state index >= 15 is 0 Å². The highest BCUT2D eigenvalue weighted by molar-refractivity contribution is 7.15. The van der Waals surface area contributed by atoms with Crippen LogP contribution in [-0.4, -0.2) is 27.2 Å². The van der Waals surface area contributed by atoms with Crippen LogP contribution < -0.4 is 5.32 Å². The average molecular weight is 305 g/mol. The number of anilines is 1. The number of nitrogens with zero attached hydrogens (tertiary/aromatic N) is 2. The van der Waals surface area contributed by atoms with Crippen LogP contribution in [0.15, 0.2) is 30.3 Å². The van der Waals surface area contributed by atoms with Crippen molar-refractivity contribution in [3.63, 3.8) is 0 Å². The standard InChI is InChI=1S/C14H15N3O3S/c1-9-16-17-13(21-9)15-11(18)8-14(2,12(19)20)10-6-4-3-5-7-10/h3-7H,8H2,1-2H3,(H,19,20)(H,15,17,18). The molecule has 0 bridgehead atoms. The summed E-state index contributed by atoms with van der Waals surface area (Å²) >= 11 is 1.24. The number of carbonyl (C=O) groups excluding carboxylic acids is 1. The van der Waals surface area contributed by atoms with Gasteiger partial charge in [0.15, 0.2) is 0 Å². The fourth-order valence-corrected chi connectivity index (χ4v) is 2.55. The molecule has 0 fully saturated rings. The predicted molar refractivity (Wildman–Crippen MR) is 79.3 cm³/mol. The zero-order valence-corrected chi connectivity index (χ0v) is 12.5. The van der Waals surface area contributed by atoms with Crippen molar-refractivity contribution in [3.8, 4) is 0 Å². The zero-order chi connectivity index (χ0) is 15.5. The van der Waals surface area contributed by atoms with Crippen molar-refractivity contribution in [3.05, 3.63) is 40.9 Å². The second kappa shape index (κ2) is 6.01. The fourth-order valence-electron chi connectivity index (χ4n) is 1.94. The Morgan fingerprint density at radius 1 is 1.29 bits per heavy atom. The molecule has 1 aromatic heterocycles. The first-order chi connectivity index (χ1) is 9.91. The number of aryl methyl sites for hydroxylation is 1. The summed E-state index contributed by atoms with van der Waals surface area (Å²) in [6.45, 7) is 3.31. The molecule has 21 heavy (non-hydrogen) atoms. The molecule has 2 N–H and O–H groups in total. The first kappa shape index (κ1) is 15.1. The Kier molecular flexibility index (Phi) is 4.32. The van der Waals surface area contributed by atoms with Gasteiger partial charge in [0, 0.05) is 6.42 Å². The number of rotatable bonds is 5. The monoisotopic (exact) mass is 305 g/mol. The Morgan fingerprint density at radius 2 is 1.95 bits per heavy atom. The number of carbonyl (C=O) groups is 2. The zero-order valence-electron chi connectivity index (χ0n) is 11.7. The van der Waals surface area contributed by atoms with E-state index in [9.17, 15) is 14.7 Å². The van der Waals surface area contributed by atoms with Crippen LogP contribution in [0.5, 0.6) is 0 Å². The van der Waals surface area contributed by atoms with Crippen molar-refractivity contribution in [1.82, 2.24) is 10.2 Å². The fraction of sp³-hybridized carbons (Fsp3) is 0.286. The molecule has 110 valence electrons. The SMILES string of the molecule is Cc1nnc(NC(=O)CC(C)(C(=O)O)c2ccccc2)s1. The van der Waals surface area contributed by atoms with Crippen molar-refractivity contribution in [1.29, 1.82) is 0 Å². The first-order valence-corrected chi connectivity index (χ1v) is 7.12. The van der Waals surface area contributed by atoms with Gasteiger partial charge in [0.2, 0.25) is 11.0 Å². The first-order valence-electron chi connectivity index (χ1n) is 6.31. The molecule has 0 aliphatic rings. The molecule has 1 aromatic carbocycles. The lowest BCUT2D eigenvalue weighted by Crippen LogP contribution is -2.36. The summed E-state index contributed by atoms with van der Waals surface area (Å²) in [4.78, 5) is 23.7. The predicted octanol–water partition coefficient (Wildman–Crippen LogP) is 2.22. The molecular formula is C14H15N3O3S. The van der Waals surface area contributed by atoms with E-state index in [0.29, 0.717) is 10.7 Å². The van der Waals surface area contributed by atoms with Gasteiger partial charge in [-0.3, -0.25) is 9.59 Å². The van der Waals surface area contributed by atoms with Gasteiger partial charge in [0.05, 0.1) is 5.41 Å². The van der Waals surface area contributed by atoms with Gasteiger partial charge in [0.25, 0.3) is 0 Å². The molecule has 1 atom stereocenters. The van der Waals surface area contributed by atoms with E-state index in [1.807, 2.05) is 0 Å². The maximum atomic E-state index is 12.1. The van der Waals surface area contributed by atoms with Gasteiger partial charge in [-0.05, 0) is 19.4 Å². The lowest BCUT2D eigenvalue weighted by molar-refractivity contribution is -0.145. The Bertz CT molecular complexity index is 656. The Labute approximate surface area is 125 Å². The highest BCUT2D eigenvalue weighted by Gasteiger charge is 2.37. The molecule has 0 aliphatic carbocycles. The van der Waals surface area contributed by atoms with Crippen molar-refractivity contribution < 1.29 is 14.7 Å². The molecule has 0 radical (unpaired) electrons. The quantitative estimate of drug-likeness (QED) is 0.883. The maximum absolute atomic E-state index is 12.1. The minimum Gasteiger partial charge on any atom is -0.481 e. The average Bonchev–Trinajstić information content (AvgIpc) is 2.84. The summed E-state index contributed by atoms with van der Waals surface area (Å²) < 4.78 is 0. The topological polar surface area (TPSA) is 92.2 Å². The number of hydrogen-bond donors (Lipinski definition) is 2. The number of hydrogen-bond acceptors (Lipinski definition) is 5. The molecule has 6 nitrogen and oxygen atoms in total. The molecule has 2 aromatic rings. The van der Waals surface area contributed by atoms with E-state index < -0.39 is 17.3 Å². The van der Waals surface area contributed by atoms with Crippen LogP contribution >= 0.6 is 11.3 Å². The summed E-state index contributed by atoms with van der Waals surface area (Å²) in [5.41, 5.74) is -0.702. The van der Waals surface area contributed by atoms with Crippen LogP contribution in [0.2, 0.25) is 0 Å².